The van der Waals surface area contributed by atoms with E-state index >= 15 is 0 Å². The Labute approximate surface area is 208 Å². The zero-order valence-corrected chi connectivity index (χ0v) is 20.0. The quantitative estimate of drug-likeness (QED) is 0.276. The summed E-state index contributed by atoms with van der Waals surface area (Å²) in [6.07, 6.45) is 10.2. The second-order valence-corrected chi connectivity index (χ2v) is 9.53. The molecule has 1 aliphatic carbocycles. The molecular weight excluding hydrogens is 456 g/mol. The minimum atomic E-state index is -0.157. The standard InChI is InChI=1S/C29H25ClN4O/c30-22-16-17-27(31-19-22)34-28(32-25-10-5-4-9-24(25)29(34)35)21-14-12-20(13-15-21)26-11-6-18-33(26)23-7-2-1-3-8-23/h4-6,9-19,23H,1-3,7-8H2. The number of benzene rings is 2. The van der Waals surface area contributed by atoms with E-state index < -0.39 is 0 Å². The average Bonchev–Trinajstić information content (AvgIpc) is 3.40. The zero-order chi connectivity index (χ0) is 23.8. The molecule has 3 aromatic heterocycles. The third kappa shape index (κ3) is 4.06. The molecule has 0 saturated heterocycles. The molecule has 0 N–H and O–H groups in total. The third-order valence-electron chi connectivity index (χ3n) is 6.90. The molecule has 5 aromatic rings. The Morgan fingerprint density at radius 1 is 0.829 bits per heavy atom. The number of aromatic nitrogens is 4. The van der Waals surface area contributed by atoms with E-state index in [4.69, 9.17) is 16.6 Å². The van der Waals surface area contributed by atoms with Crippen molar-refractivity contribution in [2.45, 2.75) is 38.1 Å². The number of pyridine rings is 1. The van der Waals surface area contributed by atoms with Crippen LogP contribution >= 0.6 is 11.6 Å². The Hall–Kier alpha value is -3.70. The van der Waals surface area contributed by atoms with Crippen molar-refractivity contribution >= 4 is 22.5 Å². The Balaban J connectivity index is 1.46. The highest BCUT2D eigenvalue weighted by atomic mass is 35.5. The Morgan fingerprint density at radius 3 is 2.37 bits per heavy atom. The van der Waals surface area contributed by atoms with Gasteiger partial charge in [-0.25, -0.2) is 14.5 Å². The Bertz CT molecular complexity index is 1540. The van der Waals surface area contributed by atoms with Crippen LogP contribution in [0.15, 0.2) is 90.0 Å². The fourth-order valence-electron chi connectivity index (χ4n) is 5.15. The smallest absolute Gasteiger partial charge is 0.267 e. The van der Waals surface area contributed by atoms with E-state index in [2.05, 4.69) is 40.0 Å². The number of hydrogen-bond donors (Lipinski definition) is 0. The van der Waals surface area contributed by atoms with Gasteiger partial charge in [0.15, 0.2) is 0 Å². The van der Waals surface area contributed by atoms with Gasteiger partial charge in [0.25, 0.3) is 5.56 Å². The van der Waals surface area contributed by atoms with Gasteiger partial charge in [0, 0.05) is 29.7 Å². The lowest BCUT2D eigenvalue weighted by molar-refractivity contribution is 0.356. The van der Waals surface area contributed by atoms with Gasteiger partial charge in [-0.3, -0.25) is 4.79 Å². The first kappa shape index (κ1) is 21.8. The summed E-state index contributed by atoms with van der Waals surface area (Å²) in [5.74, 6) is 1.04. The molecule has 0 atom stereocenters. The van der Waals surface area contributed by atoms with Gasteiger partial charge >= 0.3 is 0 Å². The highest BCUT2D eigenvalue weighted by molar-refractivity contribution is 6.30. The van der Waals surface area contributed by atoms with Crippen molar-refractivity contribution in [3.63, 3.8) is 0 Å². The molecule has 0 amide bonds. The van der Waals surface area contributed by atoms with E-state index in [0.717, 1.165) is 11.1 Å². The first-order valence-corrected chi connectivity index (χ1v) is 12.5. The van der Waals surface area contributed by atoms with Crippen molar-refractivity contribution in [2.24, 2.45) is 0 Å². The van der Waals surface area contributed by atoms with Crippen molar-refractivity contribution in [1.82, 2.24) is 19.1 Å². The molecule has 174 valence electrons. The molecule has 35 heavy (non-hydrogen) atoms. The highest BCUT2D eigenvalue weighted by Crippen LogP contribution is 2.33. The maximum Gasteiger partial charge on any atom is 0.267 e. The molecule has 0 bridgehead atoms. The molecule has 0 aliphatic heterocycles. The SMILES string of the molecule is O=c1c2ccccc2nc(-c2ccc(-c3cccn3C3CCCCC3)cc2)n1-c1ccc(Cl)cn1. The van der Waals surface area contributed by atoms with Crippen molar-refractivity contribution in [1.29, 1.82) is 0 Å². The molecule has 6 rings (SSSR count). The number of hydrogen-bond acceptors (Lipinski definition) is 3. The fraction of sp³-hybridized carbons (Fsp3) is 0.207. The van der Waals surface area contributed by atoms with E-state index in [1.807, 2.05) is 30.3 Å². The van der Waals surface area contributed by atoms with Crippen LogP contribution in [-0.2, 0) is 0 Å². The van der Waals surface area contributed by atoms with Crippen molar-refractivity contribution in [3.8, 4) is 28.5 Å². The van der Waals surface area contributed by atoms with Crippen LogP contribution in [0.5, 0.6) is 0 Å². The maximum absolute atomic E-state index is 13.5. The topological polar surface area (TPSA) is 52.7 Å². The monoisotopic (exact) mass is 480 g/mol. The summed E-state index contributed by atoms with van der Waals surface area (Å²) in [5, 5.41) is 1.07. The second kappa shape index (κ2) is 9.16. The van der Waals surface area contributed by atoms with Crippen LogP contribution in [0.3, 0.4) is 0 Å². The van der Waals surface area contributed by atoms with Crippen LogP contribution in [-0.4, -0.2) is 19.1 Å². The van der Waals surface area contributed by atoms with Gasteiger partial charge in [-0.1, -0.05) is 67.3 Å². The fourth-order valence-corrected chi connectivity index (χ4v) is 5.26. The van der Waals surface area contributed by atoms with Crippen LogP contribution in [0.4, 0.5) is 0 Å². The van der Waals surface area contributed by atoms with Crippen LogP contribution in [0.25, 0.3) is 39.4 Å². The van der Waals surface area contributed by atoms with Gasteiger partial charge in [0.05, 0.1) is 15.9 Å². The van der Waals surface area contributed by atoms with Crippen molar-refractivity contribution < 1.29 is 0 Å². The van der Waals surface area contributed by atoms with E-state index in [0.29, 0.717) is 33.6 Å². The molecule has 2 aromatic carbocycles. The van der Waals surface area contributed by atoms with E-state index in [1.165, 1.54) is 37.8 Å². The number of halogens is 1. The minimum absolute atomic E-state index is 0.157. The maximum atomic E-state index is 13.5. The van der Waals surface area contributed by atoms with Crippen molar-refractivity contribution in [2.75, 3.05) is 0 Å². The minimum Gasteiger partial charge on any atom is -0.344 e. The molecule has 0 radical (unpaired) electrons. The van der Waals surface area contributed by atoms with Gasteiger partial charge in [-0.15, -0.1) is 0 Å². The van der Waals surface area contributed by atoms with Crippen molar-refractivity contribution in [3.05, 3.63) is 101 Å². The highest BCUT2D eigenvalue weighted by Gasteiger charge is 2.19. The lowest BCUT2D eigenvalue weighted by Gasteiger charge is -2.25. The predicted molar refractivity (Wildman–Crippen MR) is 141 cm³/mol. The van der Waals surface area contributed by atoms with E-state index in [1.54, 1.807) is 29.0 Å². The van der Waals surface area contributed by atoms with E-state index in [-0.39, 0.29) is 5.56 Å². The number of para-hydroxylation sites is 1. The number of fused-ring (bicyclic) bond motifs is 1. The summed E-state index contributed by atoms with van der Waals surface area (Å²) in [6.45, 7) is 0. The predicted octanol–water partition coefficient (Wildman–Crippen LogP) is 7.07. The summed E-state index contributed by atoms with van der Waals surface area (Å²) in [6, 6.07) is 24.1. The van der Waals surface area contributed by atoms with Gasteiger partial charge < -0.3 is 4.57 Å². The number of nitrogens with zero attached hydrogens (tertiary/aromatic N) is 4. The summed E-state index contributed by atoms with van der Waals surface area (Å²) in [7, 11) is 0. The molecule has 1 aliphatic rings. The normalized spacial score (nSPS) is 14.4. The van der Waals surface area contributed by atoms with Gasteiger partial charge in [-0.2, -0.15) is 0 Å². The summed E-state index contributed by atoms with van der Waals surface area (Å²) in [5.41, 5.74) is 3.74. The molecule has 0 spiro atoms. The molecule has 5 nitrogen and oxygen atoms in total. The summed E-state index contributed by atoms with van der Waals surface area (Å²) in [4.78, 5) is 22.8. The van der Waals surface area contributed by atoms with Crippen LogP contribution in [0, 0.1) is 0 Å². The average molecular weight is 481 g/mol. The van der Waals surface area contributed by atoms with Gasteiger partial charge in [-0.05, 0) is 54.8 Å². The largest absolute Gasteiger partial charge is 0.344 e. The number of rotatable bonds is 4. The van der Waals surface area contributed by atoms with Gasteiger partial charge in [0.1, 0.15) is 11.6 Å². The molecule has 3 heterocycles. The molecule has 6 heteroatoms. The van der Waals surface area contributed by atoms with E-state index in [9.17, 15) is 4.79 Å². The Morgan fingerprint density at radius 2 is 1.60 bits per heavy atom. The van der Waals surface area contributed by atoms with Crippen LogP contribution in [0.1, 0.15) is 38.1 Å². The van der Waals surface area contributed by atoms with Gasteiger partial charge in [0.2, 0.25) is 0 Å². The molecule has 1 fully saturated rings. The third-order valence-corrected chi connectivity index (χ3v) is 7.13. The zero-order valence-electron chi connectivity index (χ0n) is 19.3. The lowest BCUT2D eigenvalue weighted by atomic mass is 9.95. The lowest BCUT2D eigenvalue weighted by Crippen LogP contribution is -2.22. The van der Waals surface area contributed by atoms with Crippen LogP contribution < -0.4 is 5.56 Å². The van der Waals surface area contributed by atoms with Crippen LogP contribution in [0.2, 0.25) is 5.02 Å². The first-order valence-electron chi connectivity index (χ1n) is 12.1. The molecular formula is C29H25ClN4O. The molecule has 0 unspecified atom stereocenters. The Kier molecular flexibility index (Phi) is 5.71. The summed E-state index contributed by atoms with van der Waals surface area (Å²) < 4.78 is 3.99. The summed E-state index contributed by atoms with van der Waals surface area (Å²) >= 11 is 6.06. The second-order valence-electron chi connectivity index (χ2n) is 9.10. The first-order chi connectivity index (χ1) is 17.2. The molecule has 1 saturated carbocycles.